The fraction of sp³-hybridized carbons (Fsp3) is 0.0345. The molecule has 0 atom stereocenters. The van der Waals surface area contributed by atoms with Crippen molar-refractivity contribution in [1.82, 2.24) is 9.97 Å². The van der Waals surface area contributed by atoms with E-state index in [0.29, 0.717) is 11.1 Å². The third kappa shape index (κ3) is 4.98. The number of anilines is 5. The molecule has 2 aromatic heterocycles. The number of amides is 1. The molecule has 0 saturated heterocycles. The fourth-order valence-electron chi connectivity index (χ4n) is 3.82. The highest BCUT2D eigenvalue weighted by molar-refractivity contribution is 6.05. The van der Waals surface area contributed by atoms with Crippen LogP contribution in [0, 0.1) is 18.3 Å². The SMILES string of the molecule is Cc1ccc(Nc2ccncc2)cc1NC(=O)c1ccc(Nc2ccnc3ccc(C#N)cc23)cc1. The van der Waals surface area contributed by atoms with Gasteiger partial charge in [0.05, 0.1) is 17.1 Å². The fourth-order valence-corrected chi connectivity index (χ4v) is 3.82. The van der Waals surface area contributed by atoms with Crippen LogP contribution in [0.2, 0.25) is 0 Å². The van der Waals surface area contributed by atoms with Gasteiger partial charge in [-0.3, -0.25) is 14.8 Å². The second kappa shape index (κ2) is 9.95. The quantitative estimate of drug-likeness (QED) is 0.260. The van der Waals surface area contributed by atoms with Gasteiger partial charge < -0.3 is 16.0 Å². The molecule has 7 nitrogen and oxygen atoms in total. The number of hydrogen-bond acceptors (Lipinski definition) is 6. The first-order valence-corrected chi connectivity index (χ1v) is 11.3. The zero-order chi connectivity index (χ0) is 24.9. The van der Waals surface area contributed by atoms with E-state index < -0.39 is 0 Å². The summed E-state index contributed by atoms with van der Waals surface area (Å²) < 4.78 is 0. The van der Waals surface area contributed by atoms with Crippen molar-refractivity contribution in [3.05, 3.63) is 114 Å². The van der Waals surface area contributed by atoms with E-state index in [1.165, 1.54) is 0 Å². The van der Waals surface area contributed by atoms with Gasteiger partial charge in [0.2, 0.25) is 0 Å². The van der Waals surface area contributed by atoms with Crippen molar-refractivity contribution in [3.63, 3.8) is 0 Å². The molecule has 0 aliphatic carbocycles. The molecular formula is C29H22N6O. The molecule has 5 aromatic rings. The van der Waals surface area contributed by atoms with Gasteiger partial charge >= 0.3 is 0 Å². The molecule has 0 bridgehead atoms. The zero-order valence-corrected chi connectivity index (χ0v) is 19.5. The molecule has 2 heterocycles. The maximum atomic E-state index is 13.0. The maximum Gasteiger partial charge on any atom is 0.255 e. The van der Waals surface area contributed by atoms with Gasteiger partial charge in [-0.2, -0.15) is 5.26 Å². The molecule has 3 N–H and O–H groups in total. The van der Waals surface area contributed by atoms with Crippen molar-refractivity contribution in [2.24, 2.45) is 0 Å². The number of benzene rings is 3. The first-order chi connectivity index (χ1) is 17.6. The van der Waals surface area contributed by atoms with Crippen molar-refractivity contribution in [3.8, 4) is 6.07 Å². The molecule has 0 aliphatic rings. The summed E-state index contributed by atoms with van der Waals surface area (Å²) in [6, 6.07) is 26.3. The molecule has 0 radical (unpaired) electrons. The minimum Gasteiger partial charge on any atom is -0.355 e. The number of carbonyl (C=O) groups excluding carboxylic acids is 1. The highest BCUT2D eigenvalue weighted by Gasteiger charge is 2.10. The van der Waals surface area contributed by atoms with E-state index in [1.807, 2.05) is 67.6 Å². The van der Waals surface area contributed by atoms with Gasteiger partial charge in [0.1, 0.15) is 0 Å². The minimum absolute atomic E-state index is 0.196. The number of nitrogens with one attached hydrogen (secondary N) is 3. The van der Waals surface area contributed by atoms with Gasteiger partial charge in [-0.15, -0.1) is 0 Å². The summed E-state index contributed by atoms with van der Waals surface area (Å²) >= 11 is 0. The topological polar surface area (TPSA) is 103 Å². The Labute approximate surface area is 208 Å². The molecule has 174 valence electrons. The molecular weight excluding hydrogens is 448 g/mol. The second-order valence-electron chi connectivity index (χ2n) is 8.25. The molecule has 3 aromatic carbocycles. The Morgan fingerprint density at radius 1 is 0.778 bits per heavy atom. The van der Waals surface area contributed by atoms with E-state index in [-0.39, 0.29) is 5.91 Å². The van der Waals surface area contributed by atoms with Crippen LogP contribution in [-0.4, -0.2) is 15.9 Å². The maximum absolute atomic E-state index is 13.0. The number of rotatable bonds is 6. The average molecular weight is 471 g/mol. The van der Waals surface area contributed by atoms with Crippen molar-refractivity contribution in [1.29, 1.82) is 5.26 Å². The third-order valence-corrected chi connectivity index (χ3v) is 5.75. The molecule has 36 heavy (non-hydrogen) atoms. The van der Waals surface area contributed by atoms with Crippen LogP contribution >= 0.6 is 0 Å². The zero-order valence-electron chi connectivity index (χ0n) is 19.5. The Morgan fingerprint density at radius 3 is 2.31 bits per heavy atom. The lowest BCUT2D eigenvalue weighted by Crippen LogP contribution is -2.13. The number of carbonyl (C=O) groups is 1. The Kier molecular flexibility index (Phi) is 6.24. The monoisotopic (exact) mass is 470 g/mol. The van der Waals surface area contributed by atoms with Gasteiger partial charge in [-0.05, 0) is 85.3 Å². The largest absolute Gasteiger partial charge is 0.355 e. The van der Waals surface area contributed by atoms with E-state index in [2.05, 4.69) is 32.0 Å². The van der Waals surface area contributed by atoms with Crippen LogP contribution in [0.3, 0.4) is 0 Å². The van der Waals surface area contributed by atoms with E-state index in [9.17, 15) is 10.1 Å². The van der Waals surface area contributed by atoms with Crippen LogP contribution in [0.5, 0.6) is 0 Å². The number of pyridine rings is 2. The van der Waals surface area contributed by atoms with E-state index in [1.54, 1.807) is 36.8 Å². The minimum atomic E-state index is -0.196. The van der Waals surface area contributed by atoms with Crippen LogP contribution in [0.1, 0.15) is 21.5 Å². The van der Waals surface area contributed by atoms with Crippen molar-refractivity contribution < 1.29 is 4.79 Å². The van der Waals surface area contributed by atoms with Crippen LogP contribution in [-0.2, 0) is 0 Å². The Morgan fingerprint density at radius 2 is 1.53 bits per heavy atom. The van der Waals surface area contributed by atoms with Gasteiger partial charge in [-0.1, -0.05) is 6.07 Å². The van der Waals surface area contributed by atoms with Gasteiger partial charge in [0.15, 0.2) is 0 Å². The van der Waals surface area contributed by atoms with Crippen LogP contribution in [0.4, 0.5) is 28.4 Å². The van der Waals surface area contributed by atoms with Crippen LogP contribution in [0.15, 0.2) is 97.5 Å². The first kappa shape index (κ1) is 22.6. The molecule has 0 unspecified atom stereocenters. The van der Waals surface area contributed by atoms with Gasteiger partial charge in [0.25, 0.3) is 5.91 Å². The standard InChI is InChI=1S/C29H22N6O/c1-19-2-6-24(33-23-10-13-31-14-11-23)17-28(19)35-29(36)21-4-7-22(8-5-21)34-27-12-15-32-26-9-3-20(18-30)16-25(26)27/h2-17H,1H3,(H,31,33)(H,32,34)(H,35,36). The predicted octanol–water partition coefficient (Wildman–Crippen LogP) is 6.55. The predicted molar refractivity (Wildman–Crippen MR) is 143 cm³/mol. The average Bonchev–Trinajstić information content (AvgIpc) is 2.91. The molecule has 0 saturated carbocycles. The molecule has 7 heteroatoms. The highest BCUT2D eigenvalue weighted by Crippen LogP contribution is 2.27. The van der Waals surface area contributed by atoms with Crippen LogP contribution < -0.4 is 16.0 Å². The summed E-state index contributed by atoms with van der Waals surface area (Å²) in [5, 5.41) is 19.8. The lowest BCUT2D eigenvalue weighted by Gasteiger charge is -2.13. The lowest BCUT2D eigenvalue weighted by molar-refractivity contribution is 0.102. The van der Waals surface area contributed by atoms with Crippen molar-refractivity contribution in [2.45, 2.75) is 6.92 Å². The third-order valence-electron chi connectivity index (χ3n) is 5.75. The second-order valence-corrected chi connectivity index (χ2v) is 8.25. The van der Waals surface area contributed by atoms with E-state index in [0.717, 1.165) is 44.9 Å². The highest BCUT2D eigenvalue weighted by atomic mass is 16.1. The summed E-state index contributed by atoms with van der Waals surface area (Å²) in [6.07, 6.45) is 5.16. The number of aromatic nitrogens is 2. The molecule has 5 rings (SSSR count). The van der Waals surface area contributed by atoms with Crippen molar-refractivity contribution >= 4 is 45.2 Å². The molecule has 1 amide bonds. The van der Waals surface area contributed by atoms with E-state index >= 15 is 0 Å². The number of fused-ring (bicyclic) bond motifs is 1. The Balaban J connectivity index is 1.31. The molecule has 0 aliphatic heterocycles. The van der Waals surface area contributed by atoms with Gasteiger partial charge in [-0.25, -0.2) is 0 Å². The molecule has 0 fully saturated rings. The number of hydrogen-bond donors (Lipinski definition) is 3. The Hall–Kier alpha value is -5.22. The summed E-state index contributed by atoms with van der Waals surface area (Å²) in [5.41, 5.74) is 7.04. The number of nitriles is 1. The normalized spacial score (nSPS) is 10.4. The summed E-state index contributed by atoms with van der Waals surface area (Å²) in [5.74, 6) is -0.196. The smallest absolute Gasteiger partial charge is 0.255 e. The Bertz CT molecular complexity index is 1590. The first-order valence-electron chi connectivity index (χ1n) is 11.3. The summed E-state index contributed by atoms with van der Waals surface area (Å²) in [6.45, 7) is 1.95. The number of aryl methyl sites for hydroxylation is 1. The van der Waals surface area contributed by atoms with E-state index in [4.69, 9.17) is 0 Å². The lowest BCUT2D eigenvalue weighted by atomic mass is 10.1. The van der Waals surface area contributed by atoms with Gasteiger partial charge in [0, 0.05) is 58.0 Å². The van der Waals surface area contributed by atoms with Crippen molar-refractivity contribution in [2.75, 3.05) is 16.0 Å². The summed E-state index contributed by atoms with van der Waals surface area (Å²) in [7, 11) is 0. The number of nitrogens with zero attached hydrogens (tertiary/aromatic N) is 3. The van der Waals surface area contributed by atoms with Crippen LogP contribution in [0.25, 0.3) is 10.9 Å². The summed E-state index contributed by atoms with van der Waals surface area (Å²) in [4.78, 5) is 21.3. The molecule has 0 spiro atoms.